The first-order chi connectivity index (χ1) is 17.6. The van der Waals surface area contributed by atoms with Gasteiger partial charge in [0.05, 0.1) is 12.6 Å². The molecule has 182 valence electrons. The van der Waals surface area contributed by atoms with Crippen LogP contribution in [-0.2, 0) is 17.7 Å². The summed E-state index contributed by atoms with van der Waals surface area (Å²) < 4.78 is 7.14. The molecule has 0 aliphatic rings. The fraction of sp³-hybridized carbons (Fsp3) is 0.259. The summed E-state index contributed by atoms with van der Waals surface area (Å²) in [6.07, 6.45) is 4.57. The molecule has 5 aromatic rings. The Balaban J connectivity index is 1.55. The monoisotopic (exact) mass is 481 g/mol. The lowest BCUT2D eigenvalue weighted by atomic mass is 9.98. The maximum atomic E-state index is 12.6. The Bertz CT molecular complexity index is 1510. The number of rotatable bonds is 8. The minimum atomic E-state index is -0.461. The number of aryl methyl sites for hydroxylation is 2. The molecule has 3 heterocycles. The van der Waals surface area contributed by atoms with E-state index in [2.05, 4.69) is 67.4 Å². The Hall–Kier alpha value is -4.40. The molecule has 0 bridgehead atoms. The topological polar surface area (TPSA) is 111 Å². The van der Waals surface area contributed by atoms with E-state index >= 15 is 0 Å². The van der Waals surface area contributed by atoms with Crippen LogP contribution in [0.5, 0.6) is 0 Å². The van der Waals surface area contributed by atoms with Gasteiger partial charge in [-0.15, -0.1) is 5.10 Å². The van der Waals surface area contributed by atoms with E-state index in [9.17, 15) is 4.79 Å². The molecule has 0 radical (unpaired) electrons. The number of hydrogen-bond acceptors (Lipinski definition) is 7. The lowest BCUT2D eigenvalue weighted by Crippen LogP contribution is -2.11. The van der Waals surface area contributed by atoms with Gasteiger partial charge in [-0.1, -0.05) is 61.9 Å². The predicted molar refractivity (Wildman–Crippen MR) is 136 cm³/mol. The number of pyridine rings is 1. The number of fused-ring (bicyclic) bond motifs is 1. The molecule has 36 heavy (non-hydrogen) atoms. The number of aromatic amines is 1. The number of benzene rings is 2. The van der Waals surface area contributed by atoms with Crippen LogP contribution in [0.3, 0.4) is 0 Å². The molecular formula is C27H27N7O2. The van der Waals surface area contributed by atoms with Crippen molar-refractivity contribution in [3.05, 3.63) is 77.4 Å². The van der Waals surface area contributed by atoms with Crippen LogP contribution in [0.1, 0.15) is 47.2 Å². The van der Waals surface area contributed by atoms with E-state index in [4.69, 9.17) is 9.72 Å². The summed E-state index contributed by atoms with van der Waals surface area (Å²) in [6.45, 7) is 4.69. The number of unbranched alkanes of at least 4 members (excludes halogenated alkanes) is 1. The SMILES string of the molecule is CCCCc1nc2c(C)cnc(C(=O)OC)c2n1Cc1ccc(-c2ccccc2-c2nnn[nH]2)cc1. The second kappa shape index (κ2) is 10.1. The summed E-state index contributed by atoms with van der Waals surface area (Å²) in [5.41, 5.74) is 6.85. The van der Waals surface area contributed by atoms with Crippen LogP contribution in [0.25, 0.3) is 33.5 Å². The highest BCUT2D eigenvalue weighted by molar-refractivity contribution is 6.01. The molecule has 0 atom stereocenters. The van der Waals surface area contributed by atoms with Gasteiger partial charge in [-0.3, -0.25) is 0 Å². The molecule has 2 aromatic carbocycles. The van der Waals surface area contributed by atoms with E-state index in [1.165, 1.54) is 7.11 Å². The molecule has 0 spiro atoms. The molecule has 5 rings (SSSR count). The van der Waals surface area contributed by atoms with Crippen LogP contribution in [0, 0.1) is 6.92 Å². The molecule has 9 nitrogen and oxygen atoms in total. The number of tetrazole rings is 1. The van der Waals surface area contributed by atoms with Gasteiger partial charge in [0.1, 0.15) is 11.3 Å². The molecule has 0 unspecified atom stereocenters. The summed E-state index contributed by atoms with van der Waals surface area (Å²) in [6, 6.07) is 16.4. The van der Waals surface area contributed by atoms with Crippen LogP contribution in [0.4, 0.5) is 0 Å². The maximum Gasteiger partial charge on any atom is 0.358 e. The number of carbonyl (C=O) groups is 1. The van der Waals surface area contributed by atoms with Crippen molar-refractivity contribution >= 4 is 17.0 Å². The minimum absolute atomic E-state index is 0.291. The van der Waals surface area contributed by atoms with Crippen molar-refractivity contribution in [3.8, 4) is 22.5 Å². The van der Waals surface area contributed by atoms with Gasteiger partial charge in [-0.25, -0.2) is 19.9 Å². The molecule has 1 N–H and O–H groups in total. The highest BCUT2D eigenvalue weighted by Gasteiger charge is 2.22. The molecule has 0 aliphatic heterocycles. The maximum absolute atomic E-state index is 12.6. The molecule has 3 aromatic heterocycles. The highest BCUT2D eigenvalue weighted by Crippen LogP contribution is 2.30. The van der Waals surface area contributed by atoms with Gasteiger partial charge in [-0.05, 0) is 46.0 Å². The fourth-order valence-corrected chi connectivity index (χ4v) is 4.43. The van der Waals surface area contributed by atoms with Crippen molar-refractivity contribution in [3.63, 3.8) is 0 Å². The summed E-state index contributed by atoms with van der Waals surface area (Å²) in [7, 11) is 1.37. The lowest BCUT2D eigenvalue weighted by molar-refractivity contribution is 0.0596. The normalized spacial score (nSPS) is 11.2. The number of H-pyrrole nitrogens is 1. The number of esters is 1. The zero-order chi connectivity index (χ0) is 25.1. The van der Waals surface area contributed by atoms with Crippen LogP contribution >= 0.6 is 0 Å². The van der Waals surface area contributed by atoms with Crippen LogP contribution in [-0.4, -0.2) is 48.2 Å². The fourth-order valence-electron chi connectivity index (χ4n) is 4.43. The Morgan fingerprint density at radius 3 is 2.56 bits per heavy atom. The van der Waals surface area contributed by atoms with E-state index < -0.39 is 5.97 Å². The first kappa shape index (κ1) is 23.3. The average Bonchev–Trinajstić information content (AvgIpc) is 3.57. The summed E-state index contributed by atoms with van der Waals surface area (Å²) >= 11 is 0. The largest absolute Gasteiger partial charge is 0.464 e. The summed E-state index contributed by atoms with van der Waals surface area (Å²) in [5.74, 6) is 1.11. The van der Waals surface area contributed by atoms with Gasteiger partial charge < -0.3 is 9.30 Å². The van der Waals surface area contributed by atoms with Crippen molar-refractivity contribution < 1.29 is 9.53 Å². The first-order valence-electron chi connectivity index (χ1n) is 12.0. The number of carbonyl (C=O) groups excluding carboxylic acids is 1. The number of methoxy groups -OCH3 is 1. The molecule has 0 amide bonds. The van der Waals surface area contributed by atoms with Crippen LogP contribution < -0.4 is 0 Å². The second-order valence-corrected chi connectivity index (χ2v) is 8.69. The standard InChI is InChI=1S/C27H27N7O2/c1-4-5-10-22-29-23-17(2)15-28-24(27(35)36-3)25(23)34(22)16-18-11-13-19(14-12-18)20-8-6-7-9-21(20)26-30-32-33-31-26/h6-9,11-15H,4-5,10,16H2,1-3H3,(H,30,31,32,33). The molecule has 0 fully saturated rings. The van der Waals surface area contributed by atoms with Crippen molar-refractivity contribution in [1.29, 1.82) is 0 Å². The summed E-state index contributed by atoms with van der Waals surface area (Å²) in [5, 5.41) is 14.3. The smallest absolute Gasteiger partial charge is 0.358 e. The third-order valence-electron chi connectivity index (χ3n) is 6.30. The van der Waals surface area contributed by atoms with Gasteiger partial charge >= 0.3 is 5.97 Å². The zero-order valence-corrected chi connectivity index (χ0v) is 20.5. The first-order valence-corrected chi connectivity index (χ1v) is 12.0. The van der Waals surface area contributed by atoms with Crippen LogP contribution in [0.2, 0.25) is 0 Å². The van der Waals surface area contributed by atoms with Gasteiger partial charge in [-0.2, -0.15) is 0 Å². The van der Waals surface area contributed by atoms with Gasteiger partial charge in [0.2, 0.25) is 0 Å². The lowest BCUT2D eigenvalue weighted by Gasteiger charge is -2.12. The van der Waals surface area contributed by atoms with Crippen molar-refractivity contribution in [1.82, 2.24) is 35.2 Å². The van der Waals surface area contributed by atoms with E-state index in [1.54, 1.807) is 6.20 Å². The zero-order valence-electron chi connectivity index (χ0n) is 20.5. The van der Waals surface area contributed by atoms with Gasteiger partial charge in [0.25, 0.3) is 0 Å². The quantitative estimate of drug-likeness (QED) is 0.318. The van der Waals surface area contributed by atoms with Crippen LogP contribution in [0.15, 0.2) is 54.7 Å². The average molecular weight is 482 g/mol. The molecule has 0 aliphatic carbocycles. The number of aromatic nitrogens is 7. The second-order valence-electron chi connectivity index (χ2n) is 8.69. The Kier molecular flexibility index (Phi) is 6.53. The Labute approximate surface area is 208 Å². The predicted octanol–water partition coefficient (Wildman–Crippen LogP) is 4.76. The van der Waals surface area contributed by atoms with Crippen molar-refractivity contribution in [2.45, 2.75) is 39.7 Å². The Morgan fingerprint density at radius 2 is 1.86 bits per heavy atom. The van der Waals surface area contributed by atoms with E-state index in [1.807, 2.05) is 25.1 Å². The van der Waals surface area contributed by atoms with Crippen molar-refractivity contribution in [2.75, 3.05) is 7.11 Å². The number of nitrogens with zero attached hydrogens (tertiary/aromatic N) is 6. The number of nitrogens with one attached hydrogen (secondary N) is 1. The highest BCUT2D eigenvalue weighted by atomic mass is 16.5. The van der Waals surface area contributed by atoms with Gasteiger partial charge in [0.15, 0.2) is 11.5 Å². The van der Waals surface area contributed by atoms with Gasteiger partial charge in [0, 0.05) is 24.7 Å². The summed E-state index contributed by atoms with van der Waals surface area (Å²) in [4.78, 5) is 21.9. The van der Waals surface area contributed by atoms with E-state index in [-0.39, 0.29) is 0 Å². The molecule has 0 saturated carbocycles. The third kappa shape index (κ3) is 4.35. The molecule has 9 heteroatoms. The van der Waals surface area contributed by atoms with Crippen molar-refractivity contribution in [2.24, 2.45) is 0 Å². The minimum Gasteiger partial charge on any atom is -0.464 e. The molecule has 0 saturated heterocycles. The van der Waals surface area contributed by atoms with E-state index in [0.717, 1.165) is 63.9 Å². The number of hydrogen-bond donors (Lipinski definition) is 1. The van der Waals surface area contributed by atoms with E-state index in [0.29, 0.717) is 18.1 Å². The number of ether oxygens (including phenoxy) is 1. The Morgan fingerprint density at radius 1 is 1.08 bits per heavy atom. The third-order valence-corrected chi connectivity index (χ3v) is 6.30. The number of imidazole rings is 1. The molecular weight excluding hydrogens is 454 g/mol.